The van der Waals surface area contributed by atoms with Gasteiger partial charge in [0.05, 0.1) is 28.6 Å². The van der Waals surface area contributed by atoms with Crippen LogP contribution >= 0.6 is 23.1 Å². The van der Waals surface area contributed by atoms with Gasteiger partial charge in [-0.2, -0.15) is 0 Å². The number of thiazole rings is 1. The van der Waals surface area contributed by atoms with E-state index in [0.717, 1.165) is 29.3 Å². The number of aryl methyl sites for hydroxylation is 1. The van der Waals surface area contributed by atoms with Crippen LogP contribution in [0.5, 0.6) is 0 Å². The fraction of sp³-hybridized carbons (Fsp3) is 0.692. The number of carbonyl (C=O) groups is 1. The summed E-state index contributed by atoms with van der Waals surface area (Å²) in [4.78, 5) is 16.2. The fourth-order valence-corrected chi connectivity index (χ4v) is 3.18. The number of nitrogens with zero attached hydrogens (tertiary/aromatic N) is 1. The molecule has 0 aliphatic rings. The van der Waals surface area contributed by atoms with Crippen molar-refractivity contribution in [2.45, 2.75) is 44.9 Å². The summed E-state index contributed by atoms with van der Waals surface area (Å²) < 4.78 is 0. The molecule has 1 aromatic heterocycles. The van der Waals surface area contributed by atoms with Crippen LogP contribution in [0.2, 0.25) is 0 Å². The van der Waals surface area contributed by atoms with E-state index in [1.54, 1.807) is 23.1 Å². The Hall–Kier alpha value is -0.590. The van der Waals surface area contributed by atoms with Gasteiger partial charge < -0.3 is 10.4 Å². The minimum atomic E-state index is -0.463. The lowest BCUT2D eigenvalue weighted by Crippen LogP contribution is -2.51. The molecule has 1 heterocycles. The molecule has 0 bridgehead atoms. The molecule has 0 unspecified atom stereocenters. The summed E-state index contributed by atoms with van der Waals surface area (Å²) >= 11 is 3.18. The van der Waals surface area contributed by atoms with E-state index in [1.165, 1.54) is 0 Å². The molecule has 0 saturated heterocycles. The Morgan fingerprint density at radius 2 is 2.21 bits per heavy atom. The zero-order valence-corrected chi connectivity index (χ0v) is 13.4. The van der Waals surface area contributed by atoms with Crippen molar-refractivity contribution in [2.75, 3.05) is 12.4 Å². The second kappa shape index (κ2) is 7.87. The Labute approximate surface area is 123 Å². The monoisotopic (exact) mass is 302 g/mol. The van der Waals surface area contributed by atoms with E-state index in [-0.39, 0.29) is 12.5 Å². The molecule has 0 aliphatic carbocycles. The molecule has 19 heavy (non-hydrogen) atoms. The molecule has 6 heteroatoms. The number of carbonyl (C=O) groups excluding carboxylic acids is 1. The summed E-state index contributed by atoms with van der Waals surface area (Å²) in [5, 5.41) is 15.4. The quantitative estimate of drug-likeness (QED) is 0.774. The first-order valence-electron chi connectivity index (χ1n) is 6.46. The predicted octanol–water partition coefficient (Wildman–Crippen LogP) is 2.35. The summed E-state index contributed by atoms with van der Waals surface area (Å²) in [6.07, 6.45) is 1.48. The summed E-state index contributed by atoms with van der Waals surface area (Å²) in [7, 11) is 0. The molecule has 0 atom stereocenters. The summed E-state index contributed by atoms with van der Waals surface area (Å²) in [6, 6.07) is 0. The Kier molecular flexibility index (Phi) is 6.82. The molecule has 1 rings (SSSR count). The molecular weight excluding hydrogens is 280 g/mol. The van der Waals surface area contributed by atoms with Gasteiger partial charge >= 0.3 is 0 Å². The largest absolute Gasteiger partial charge is 0.394 e. The van der Waals surface area contributed by atoms with Crippen molar-refractivity contribution >= 4 is 29.0 Å². The second-order valence-electron chi connectivity index (χ2n) is 4.54. The standard InChI is InChI=1S/C13H22N2O2S2/c1-4-13(5-2,9-16)15-12(17)8-18-6-11-7-19-10(3)14-11/h7,16H,4-6,8-9H2,1-3H3,(H,15,17). The third-order valence-corrected chi connectivity index (χ3v) is 5.00. The Bertz CT molecular complexity index is 395. The maximum atomic E-state index is 11.9. The predicted molar refractivity (Wildman–Crippen MR) is 81.6 cm³/mol. The van der Waals surface area contributed by atoms with Gasteiger partial charge in [0.25, 0.3) is 0 Å². The van der Waals surface area contributed by atoms with Crippen LogP contribution in [0.3, 0.4) is 0 Å². The average Bonchev–Trinajstić information content (AvgIpc) is 2.82. The third-order valence-electron chi connectivity index (χ3n) is 3.21. The number of aromatic nitrogens is 1. The van der Waals surface area contributed by atoms with Crippen LogP contribution in [0, 0.1) is 6.92 Å². The minimum Gasteiger partial charge on any atom is -0.394 e. The number of hydrogen-bond acceptors (Lipinski definition) is 5. The number of aliphatic hydroxyl groups is 1. The van der Waals surface area contributed by atoms with Gasteiger partial charge in [-0.1, -0.05) is 13.8 Å². The van der Waals surface area contributed by atoms with Crippen molar-refractivity contribution < 1.29 is 9.90 Å². The molecule has 0 fully saturated rings. The van der Waals surface area contributed by atoms with Gasteiger partial charge in [-0.05, 0) is 19.8 Å². The van der Waals surface area contributed by atoms with Crippen LogP contribution in [-0.4, -0.2) is 33.9 Å². The van der Waals surface area contributed by atoms with E-state index in [4.69, 9.17) is 0 Å². The van der Waals surface area contributed by atoms with E-state index < -0.39 is 5.54 Å². The van der Waals surface area contributed by atoms with Gasteiger partial charge in [-0.15, -0.1) is 23.1 Å². The summed E-state index contributed by atoms with van der Waals surface area (Å²) in [6.45, 7) is 5.92. The smallest absolute Gasteiger partial charge is 0.230 e. The number of rotatable bonds is 8. The number of nitrogens with one attached hydrogen (secondary N) is 1. The molecule has 0 aromatic carbocycles. The molecule has 1 aromatic rings. The number of hydrogen-bond donors (Lipinski definition) is 2. The van der Waals surface area contributed by atoms with Crippen LogP contribution in [0.1, 0.15) is 37.4 Å². The Balaban J connectivity index is 2.35. The maximum absolute atomic E-state index is 11.9. The first kappa shape index (κ1) is 16.5. The highest BCUT2D eigenvalue weighted by molar-refractivity contribution is 7.99. The van der Waals surface area contributed by atoms with Crippen LogP contribution < -0.4 is 5.32 Å². The van der Waals surface area contributed by atoms with Crippen LogP contribution in [0.4, 0.5) is 0 Å². The summed E-state index contributed by atoms with van der Waals surface area (Å²) in [5.74, 6) is 1.13. The van der Waals surface area contributed by atoms with Crippen molar-refractivity contribution in [1.29, 1.82) is 0 Å². The number of aliphatic hydroxyl groups excluding tert-OH is 1. The molecule has 4 nitrogen and oxygen atoms in total. The van der Waals surface area contributed by atoms with Crippen molar-refractivity contribution in [3.63, 3.8) is 0 Å². The minimum absolute atomic E-state index is 0.0122. The Morgan fingerprint density at radius 1 is 1.53 bits per heavy atom. The van der Waals surface area contributed by atoms with Gasteiger partial charge in [-0.25, -0.2) is 4.98 Å². The Morgan fingerprint density at radius 3 is 2.68 bits per heavy atom. The first-order chi connectivity index (χ1) is 9.05. The van der Waals surface area contributed by atoms with E-state index >= 15 is 0 Å². The fourth-order valence-electron chi connectivity index (χ4n) is 1.74. The van der Waals surface area contributed by atoms with Gasteiger partial charge in [0, 0.05) is 11.1 Å². The van der Waals surface area contributed by atoms with Crippen molar-refractivity contribution in [3.8, 4) is 0 Å². The van der Waals surface area contributed by atoms with E-state index in [1.807, 2.05) is 26.2 Å². The van der Waals surface area contributed by atoms with Gasteiger partial charge in [0.2, 0.25) is 5.91 Å². The van der Waals surface area contributed by atoms with Crippen molar-refractivity contribution in [3.05, 3.63) is 16.1 Å². The highest BCUT2D eigenvalue weighted by Crippen LogP contribution is 2.17. The lowest BCUT2D eigenvalue weighted by Gasteiger charge is -2.30. The number of amides is 1. The lowest BCUT2D eigenvalue weighted by molar-refractivity contribution is -0.121. The topological polar surface area (TPSA) is 62.2 Å². The van der Waals surface area contributed by atoms with Gasteiger partial charge in [0.1, 0.15) is 0 Å². The normalized spacial score (nSPS) is 11.6. The SMILES string of the molecule is CCC(CC)(CO)NC(=O)CSCc1csc(C)n1. The first-order valence-corrected chi connectivity index (χ1v) is 8.49. The highest BCUT2D eigenvalue weighted by atomic mass is 32.2. The third kappa shape index (κ3) is 5.12. The van der Waals surface area contributed by atoms with Gasteiger partial charge in [0.15, 0.2) is 0 Å². The van der Waals surface area contributed by atoms with Gasteiger partial charge in [-0.3, -0.25) is 4.79 Å². The molecule has 0 radical (unpaired) electrons. The summed E-state index contributed by atoms with van der Waals surface area (Å²) in [5.41, 5.74) is 0.564. The van der Waals surface area contributed by atoms with E-state index in [0.29, 0.717) is 5.75 Å². The van der Waals surface area contributed by atoms with Crippen LogP contribution in [0.25, 0.3) is 0 Å². The van der Waals surface area contributed by atoms with E-state index in [2.05, 4.69) is 10.3 Å². The molecule has 0 aliphatic heterocycles. The lowest BCUT2D eigenvalue weighted by atomic mass is 9.94. The zero-order chi connectivity index (χ0) is 14.3. The highest BCUT2D eigenvalue weighted by Gasteiger charge is 2.26. The molecule has 1 amide bonds. The van der Waals surface area contributed by atoms with E-state index in [9.17, 15) is 9.90 Å². The molecule has 2 N–H and O–H groups in total. The maximum Gasteiger partial charge on any atom is 0.230 e. The zero-order valence-electron chi connectivity index (χ0n) is 11.7. The number of thioether (sulfide) groups is 1. The molecule has 0 saturated carbocycles. The van der Waals surface area contributed by atoms with Crippen molar-refractivity contribution in [1.82, 2.24) is 10.3 Å². The second-order valence-corrected chi connectivity index (χ2v) is 6.59. The molecule has 108 valence electrons. The molecule has 0 spiro atoms. The average molecular weight is 302 g/mol. The molecular formula is C13H22N2O2S2. The van der Waals surface area contributed by atoms with Crippen LogP contribution in [-0.2, 0) is 10.5 Å². The van der Waals surface area contributed by atoms with Crippen molar-refractivity contribution in [2.24, 2.45) is 0 Å². The van der Waals surface area contributed by atoms with Crippen LogP contribution in [0.15, 0.2) is 5.38 Å².